The van der Waals surface area contributed by atoms with E-state index >= 15 is 0 Å². The molecular weight excluding hydrogens is 216 g/mol. The Kier molecular flexibility index (Phi) is 3.88. The van der Waals surface area contributed by atoms with Crippen molar-refractivity contribution in [3.05, 3.63) is 29.8 Å². The van der Waals surface area contributed by atoms with Crippen molar-refractivity contribution in [2.45, 2.75) is 38.2 Å². The Hall–Kier alpha value is -0.870. The van der Waals surface area contributed by atoms with Gasteiger partial charge in [0.15, 0.2) is 0 Å². The third kappa shape index (κ3) is 3.32. The van der Waals surface area contributed by atoms with E-state index in [1.807, 2.05) is 13.8 Å². The largest absolute Gasteiger partial charge is 0.297 e. The molecule has 0 heterocycles. The van der Waals surface area contributed by atoms with Gasteiger partial charge >= 0.3 is 0 Å². The van der Waals surface area contributed by atoms with Gasteiger partial charge in [-0.3, -0.25) is 4.18 Å². The van der Waals surface area contributed by atoms with Crippen LogP contribution in [0.5, 0.6) is 0 Å². The Labute approximate surface area is 91.2 Å². The molecule has 3 nitrogen and oxygen atoms in total. The highest BCUT2D eigenvalue weighted by Crippen LogP contribution is 2.15. The first-order chi connectivity index (χ1) is 6.95. The summed E-state index contributed by atoms with van der Waals surface area (Å²) in [6.07, 6.45) is 0.391. The first-order valence-electron chi connectivity index (χ1n) is 4.95. The van der Waals surface area contributed by atoms with Gasteiger partial charge in [0.25, 0.3) is 10.1 Å². The van der Waals surface area contributed by atoms with Crippen LogP contribution in [0, 0.1) is 6.92 Å². The van der Waals surface area contributed by atoms with Crippen molar-refractivity contribution in [2.75, 3.05) is 0 Å². The second-order valence-electron chi connectivity index (χ2n) is 3.58. The van der Waals surface area contributed by atoms with Gasteiger partial charge in [-0.15, -0.1) is 0 Å². The highest BCUT2D eigenvalue weighted by molar-refractivity contribution is 7.86. The fourth-order valence-electron chi connectivity index (χ4n) is 1.04. The van der Waals surface area contributed by atoms with E-state index in [1.54, 1.807) is 31.2 Å². The van der Waals surface area contributed by atoms with Gasteiger partial charge in [0.1, 0.15) is 0 Å². The molecule has 0 saturated heterocycles. The van der Waals surface area contributed by atoms with Gasteiger partial charge < -0.3 is 0 Å². The van der Waals surface area contributed by atoms with Gasteiger partial charge in [-0.1, -0.05) is 24.6 Å². The first kappa shape index (κ1) is 12.2. The van der Waals surface area contributed by atoms with E-state index in [1.165, 1.54) is 0 Å². The molecule has 0 aliphatic carbocycles. The minimum atomic E-state index is -3.59. The summed E-state index contributed by atoms with van der Waals surface area (Å²) in [4.78, 5) is 0.216. The molecule has 0 spiro atoms. The van der Waals surface area contributed by atoms with Crippen LogP contribution in [0.2, 0.25) is 0 Å². The van der Waals surface area contributed by atoms with E-state index in [0.29, 0.717) is 6.42 Å². The summed E-state index contributed by atoms with van der Waals surface area (Å²) in [6, 6.07) is 6.64. The molecule has 0 aliphatic rings. The molecule has 0 aromatic heterocycles. The topological polar surface area (TPSA) is 43.4 Å². The van der Waals surface area contributed by atoms with Crippen molar-refractivity contribution in [3.63, 3.8) is 0 Å². The van der Waals surface area contributed by atoms with E-state index in [-0.39, 0.29) is 11.0 Å². The van der Waals surface area contributed by atoms with Crippen LogP contribution in [0.1, 0.15) is 25.8 Å². The summed E-state index contributed by atoms with van der Waals surface area (Å²) in [6.45, 7) is 5.53. The Morgan fingerprint density at radius 1 is 1.27 bits per heavy atom. The molecule has 0 fully saturated rings. The van der Waals surface area contributed by atoms with Gasteiger partial charge in [0.2, 0.25) is 0 Å². The van der Waals surface area contributed by atoms with Crippen LogP contribution in [0.15, 0.2) is 29.2 Å². The zero-order valence-corrected chi connectivity index (χ0v) is 10.0. The maximum Gasteiger partial charge on any atom is 0.297 e. The predicted octanol–water partition coefficient (Wildman–Crippen LogP) is 2.50. The van der Waals surface area contributed by atoms with Gasteiger partial charge in [0, 0.05) is 0 Å². The van der Waals surface area contributed by atoms with Crippen molar-refractivity contribution in [1.82, 2.24) is 0 Å². The summed E-state index contributed by atoms with van der Waals surface area (Å²) in [7, 11) is -3.59. The molecule has 0 saturated carbocycles. The number of benzene rings is 1. The number of aryl methyl sites for hydroxylation is 1. The maximum atomic E-state index is 11.7. The quantitative estimate of drug-likeness (QED) is 0.591. The van der Waals surface area contributed by atoms with Crippen LogP contribution in [-0.2, 0) is 14.3 Å². The average Bonchev–Trinajstić information content (AvgIpc) is 2.17. The minimum Gasteiger partial charge on any atom is -0.263 e. The van der Waals surface area contributed by atoms with Crippen molar-refractivity contribution in [3.8, 4) is 0 Å². The molecule has 0 bridgehead atoms. The van der Waals surface area contributed by atoms with Crippen molar-refractivity contribution < 1.29 is 12.6 Å². The minimum absolute atomic E-state index is 0.216. The van der Waals surface area contributed by atoms with Crippen LogP contribution in [0.25, 0.3) is 0 Å². The fraction of sp³-hybridized carbons (Fsp3) is 0.455. The van der Waals surface area contributed by atoms with Gasteiger partial charge in [0.05, 0.1) is 11.0 Å². The summed E-state index contributed by atoms with van der Waals surface area (Å²) < 4.78 is 28.4. The lowest BCUT2D eigenvalue weighted by Gasteiger charge is -2.10. The zero-order chi connectivity index (χ0) is 11.5. The van der Waals surface area contributed by atoms with Crippen LogP contribution >= 0.6 is 0 Å². The summed E-state index contributed by atoms with van der Waals surface area (Å²) in [5, 5.41) is 0. The SMILES string of the molecule is CC[C@H](C)OS(=[18O])(=[18O])c1ccc(C)cc1. The molecule has 1 aromatic carbocycles. The van der Waals surface area contributed by atoms with Crippen molar-refractivity contribution >= 4 is 10.1 Å². The van der Waals surface area contributed by atoms with Crippen molar-refractivity contribution in [2.24, 2.45) is 0 Å². The third-order valence-electron chi connectivity index (χ3n) is 2.18. The normalized spacial score (nSPS) is 13.8. The maximum absolute atomic E-state index is 11.7. The molecule has 84 valence electrons. The third-order valence-corrected chi connectivity index (χ3v) is 3.61. The Morgan fingerprint density at radius 3 is 2.27 bits per heavy atom. The van der Waals surface area contributed by atoms with Gasteiger partial charge in [-0.25, -0.2) is 0 Å². The standard InChI is InChI=1S/C11H16O3S/c1-4-10(3)14-15(12,13)11-7-5-9(2)6-8-11/h5-8,10H,4H2,1-3H3/t10-/m0/s1/i12+2,13+2. The van der Waals surface area contributed by atoms with Crippen molar-refractivity contribution in [1.29, 1.82) is 0 Å². The molecule has 0 radical (unpaired) electrons. The van der Waals surface area contributed by atoms with Gasteiger partial charge in [-0.2, -0.15) is 8.42 Å². The molecule has 0 unspecified atom stereocenters. The summed E-state index contributed by atoms with van der Waals surface area (Å²) in [5.74, 6) is 0. The lowest BCUT2D eigenvalue weighted by Crippen LogP contribution is -2.14. The van der Waals surface area contributed by atoms with E-state index < -0.39 is 10.1 Å². The van der Waals surface area contributed by atoms with Crippen LogP contribution in [0.4, 0.5) is 0 Å². The highest BCUT2D eigenvalue weighted by Gasteiger charge is 2.17. The zero-order valence-electron chi connectivity index (χ0n) is 9.23. The molecule has 0 N–H and O–H groups in total. The molecular formula is C11H16O3S. The molecule has 15 heavy (non-hydrogen) atoms. The lowest BCUT2D eigenvalue weighted by atomic mass is 10.2. The second-order valence-corrected chi connectivity index (χ2v) is 5.15. The molecule has 1 atom stereocenters. The Balaban J connectivity index is 2.91. The number of hydrogen-bond donors (Lipinski definition) is 0. The summed E-state index contributed by atoms with van der Waals surface area (Å²) in [5.41, 5.74) is 1.03. The van der Waals surface area contributed by atoms with E-state index in [2.05, 4.69) is 0 Å². The molecule has 1 aromatic rings. The lowest BCUT2D eigenvalue weighted by molar-refractivity contribution is 0.224. The first-order valence-corrected chi connectivity index (χ1v) is 6.36. The van der Waals surface area contributed by atoms with Gasteiger partial charge in [-0.05, 0) is 32.4 Å². The van der Waals surface area contributed by atoms with Crippen LogP contribution in [-0.4, -0.2) is 14.5 Å². The average molecular weight is 232 g/mol. The molecule has 0 amide bonds. The predicted molar refractivity (Wildman–Crippen MR) is 59.2 cm³/mol. The van der Waals surface area contributed by atoms with E-state index in [4.69, 9.17) is 4.18 Å². The summed E-state index contributed by atoms with van der Waals surface area (Å²) >= 11 is 0. The second kappa shape index (κ2) is 4.77. The highest BCUT2D eigenvalue weighted by atomic mass is 32.2. The van der Waals surface area contributed by atoms with E-state index in [0.717, 1.165) is 5.56 Å². The monoisotopic (exact) mass is 232 g/mol. The number of rotatable bonds is 4. The smallest absolute Gasteiger partial charge is 0.263 e. The molecule has 1 rings (SSSR count). The van der Waals surface area contributed by atoms with Crippen LogP contribution < -0.4 is 0 Å². The molecule has 0 aliphatic heterocycles. The van der Waals surface area contributed by atoms with E-state index in [9.17, 15) is 8.42 Å². The Morgan fingerprint density at radius 2 is 1.80 bits per heavy atom. The number of hydrogen-bond acceptors (Lipinski definition) is 3. The fourth-order valence-corrected chi connectivity index (χ4v) is 2.19. The molecule has 4 heteroatoms. The van der Waals surface area contributed by atoms with Crippen LogP contribution in [0.3, 0.4) is 0 Å². The Bertz CT molecular complexity index is 406.